The molecule has 5 nitrogen and oxygen atoms in total. The number of carbonyl (C=O) groups excluding carboxylic acids is 1. The number of rotatable bonds is 6. The number of amides is 1. The van der Waals surface area contributed by atoms with Gasteiger partial charge in [-0.1, -0.05) is 26.8 Å². The Labute approximate surface area is 145 Å². The summed E-state index contributed by atoms with van der Waals surface area (Å²) in [5.41, 5.74) is 0.949. The van der Waals surface area contributed by atoms with E-state index >= 15 is 0 Å². The van der Waals surface area contributed by atoms with Crippen LogP contribution in [0.3, 0.4) is 0 Å². The second kappa shape index (κ2) is 8.58. The number of pyridine rings is 1. The van der Waals surface area contributed by atoms with Gasteiger partial charge in [-0.25, -0.2) is 0 Å². The van der Waals surface area contributed by atoms with Crippen LogP contribution in [-0.2, 0) is 11.2 Å². The third kappa shape index (κ3) is 5.87. The molecule has 0 aliphatic carbocycles. The molecule has 0 spiro atoms. The molecule has 134 valence electrons. The predicted molar refractivity (Wildman–Crippen MR) is 95.7 cm³/mol. The van der Waals surface area contributed by atoms with Gasteiger partial charge in [0.05, 0.1) is 6.10 Å². The lowest BCUT2D eigenvalue weighted by Gasteiger charge is -2.38. The van der Waals surface area contributed by atoms with Gasteiger partial charge in [0.2, 0.25) is 5.91 Å². The molecule has 5 heteroatoms. The summed E-state index contributed by atoms with van der Waals surface area (Å²) in [6.45, 7) is 10.1. The van der Waals surface area contributed by atoms with E-state index in [9.17, 15) is 9.90 Å². The molecule has 1 saturated heterocycles. The molecule has 1 aromatic heterocycles. The summed E-state index contributed by atoms with van der Waals surface area (Å²) in [6, 6.07) is 5.89. The third-order valence-corrected chi connectivity index (χ3v) is 4.71. The van der Waals surface area contributed by atoms with Gasteiger partial charge in [0, 0.05) is 51.0 Å². The standard InChI is InChI=1S/C19H31N3O2/c1-19(2,3)17(23)15-21-11-13-22(14-12-21)18(24)9-6-8-16-7-4-5-10-20-16/h4-5,7,10,17,23H,6,8-9,11-15H2,1-3H3/t17-/m1/s1. The van der Waals surface area contributed by atoms with Crippen molar-refractivity contribution >= 4 is 5.91 Å². The molecule has 0 aromatic carbocycles. The highest BCUT2D eigenvalue weighted by Gasteiger charge is 2.27. The fourth-order valence-electron chi connectivity index (χ4n) is 2.82. The molecule has 1 atom stereocenters. The van der Waals surface area contributed by atoms with Crippen LogP contribution >= 0.6 is 0 Å². The molecule has 0 unspecified atom stereocenters. The van der Waals surface area contributed by atoms with Crippen LogP contribution in [0.1, 0.15) is 39.3 Å². The second-order valence-corrected chi connectivity index (χ2v) is 7.74. The maximum atomic E-state index is 12.3. The minimum absolute atomic E-state index is 0.0988. The van der Waals surface area contributed by atoms with E-state index in [1.807, 2.05) is 23.1 Å². The molecule has 1 aliphatic rings. The smallest absolute Gasteiger partial charge is 0.222 e. The van der Waals surface area contributed by atoms with E-state index in [1.165, 1.54) is 0 Å². The van der Waals surface area contributed by atoms with Crippen molar-refractivity contribution in [3.63, 3.8) is 0 Å². The SMILES string of the molecule is CC(C)(C)[C@H](O)CN1CCN(C(=O)CCCc2ccccn2)CC1. The van der Waals surface area contributed by atoms with Gasteiger partial charge in [-0.3, -0.25) is 14.7 Å². The summed E-state index contributed by atoms with van der Waals surface area (Å²) >= 11 is 0. The van der Waals surface area contributed by atoms with Crippen molar-refractivity contribution < 1.29 is 9.90 Å². The van der Waals surface area contributed by atoms with E-state index < -0.39 is 0 Å². The van der Waals surface area contributed by atoms with Crippen molar-refractivity contribution in [2.45, 2.75) is 46.1 Å². The monoisotopic (exact) mass is 333 g/mol. The summed E-state index contributed by atoms with van der Waals surface area (Å²) < 4.78 is 0. The number of aliphatic hydroxyl groups is 1. The first-order chi connectivity index (χ1) is 11.4. The van der Waals surface area contributed by atoms with Crippen LogP contribution in [0.2, 0.25) is 0 Å². The molecule has 24 heavy (non-hydrogen) atoms. The van der Waals surface area contributed by atoms with Crippen LogP contribution in [0.5, 0.6) is 0 Å². The van der Waals surface area contributed by atoms with Gasteiger partial charge in [-0.15, -0.1) is 0 Å². The normalized spacial score (nSPS) is 17.8. The summed E-state index contributed by atoms with van der Waals surface area (Å²) in [7, 11) is 0. The Morgan fingerprint density at radius 3 is 2.54 bits per heavy atom. The summed E-state index contributed by atoms with van der Waals surface area (Å²) in [6.07, 6.45) is 3.74. The van der Waals surface area contributed by atoms with Crippen molar-refractivity contribution in [3.05, 3.63) is 30.1 Å². The van der Waals surface area contributed by atoms with Gasteiger partial charge < -0.3 is 10.0 Å². The van der Waals surface area contributed by atoms with Crippen LogP contribution in [0.15, 0.2) is 24.4 Å². The lowest BCUT2D eigenvalue weighted by atomic mass is 9.89. The van der Waals surface area contributed by atoms with Crippen molar-refractivity contribution in [1.29, 1.82) is 0 Å². The number of hydrogen-bond donors (Lipinski definition) is 1. The summed E-state index contributed by atoms with van der Waals surface area (Å²) in [4.78, 5) is 20.8. The first-order valence-corrected chi connectivity index (χ1v) is 8.94. The Morgan fingerprint density at radius 2 is 1.96 bits per heavy atom. The Hall–Kier alpha value is -1.46. The van der Waals surface area contributed by atoms with E-state index in [2.05, 4.69) is 30.7 Å². The summed E-state index contributed by atoms with van der Waals surface area (Å²) in [5, 5.41) is 10.2. The van der Waals surface area contributed by atoms with Gasteiger partial charge in [-0.05, 0) is 30.4 Å². The Kier molecular flexibility index (Phi) is 6.75. The van der Waals surface area contributed by atoms with Gasteiger partial charge in [0.15, 0.2) is 0 Å². The largest absolute Gasteiger partial charge is 0.391 e. The van der Waals surface area contributed by atoms with Crippen LogP contribution in [0.25, 0.3) is 0 Å². The van der Waals surface area contributed by atoms with Crippen molar-refractivity contribution in [2.75, 3.05) is 32.7 Å². The fraction of sp³-hybridized carbons (Fsp3) is 0.684. The quantitative estimate of drug-likeness (QED) is 0.864. The van der Waals surface area contributed by atoms with Crippen LogP contribution in [0, 0.1) is 5.41 Å². The molecule has 2 heterocycles. The zero-order chi connectivity index (χ0) is 17.6. The molecular formula is C19H31N3O2. The first kappa shape index (κ1) is 18.9. The first-order valence-electron chi connectivity index (χ1n) is 8.94. The van der Waals surface area contributed by atoms with Crippen molar-refractivity contribution in [1.82, 2.24) is 14.8 Å². The van der Waals surface area contributed by atoms with E-state index in [0.717, 1.165) is 44.7 Å². The Balaban J connectivity index is 1.67. The average molecular weight is 333 g/mol. The van der Waals surface area contributed by atoms with E-state index in [4.69, 9.17) is 0 Å². The predicted octanol–water partition coefficient (Wildman–Crippen LogP) is 1.96. The highest BCUT2D eigenvalue weighted by Crippen LogP contribution is 2.20. The number of carbonyl (C=O) groups is 1. The molecule has 1 aromatic rings. The zero-order valence-corrected chi connectivity index (χ0v) is 15.2. The molecule has 1 aliphatic heterocycles. The van der Waals surface area contributed by atoms with Gasteiger partial charge >= 0.3 is 0 Å². The van der Waals surface area contributed by atoms with Gasteiger partial charge in [0.25, 0.3) is 0 Å². The van der Waals surface area contributed by atoms with Gasteiger partial charge in [0.1, 0.15) is 0 Å². The van der Waals surface area contributed by atoms with Gasteiger partial charge in [-0.2, -0.15) is 0 Å². The maximum absolute atomic E-state index is 12.3. The van der Waals surface area contributed by atoms with Crippen LogP contribution < -0.4 is 0 Å². The highest BCUT2D eigenvalue weighted by atomic mass is 16.3. The Morgan fingerprint density at radius 1 is 1.25 bits per heavy atom. The number of aromatic nitrogens is 1. The van der Waals surface area contributed by atoms with E-state index in [1.54, 1.807) is 6.20 Å². The zero-order valence-electron chi connectivity index (χ0n) is 15.2. The fourth-order valence-corrected chi connectivity index (χ4v) is 2.82. The number of hydrogen-bond acceptors (Lipinski definition) is 4. The number of nitrogens with zero attached hydrogens (tertiary/aromatic N) is 3. The maximum Gasteiger partial charge on any atom is 0.222 e. The van der Waals surface area contributed by atoms with Crippen molar-refractivity contribution in [2.24, 2.45) is 5.41 Å². The topological polar surface area (TPSA) is 56.7 Å². The minimum atomic E-state index is -0.335. The van der Waals surface area contributed by atoms with Crippen LogP contribution in [0.4, 0.5) is 0 Å². The molecule has 1 fully saturated rings. The van der Waals surface area contributed by atoms with E-state index in [-0.39, 0.29) is 17.4 Å². The average Bonchev–Trinajstić information content (AvgIpc) is 2.55. The number of aryl methyl sites for hydroxylation is 1. The van der Waals surface area contributed by atoms with Crippen LogP contribution in [-0.4, -0.2) is 64.6 Å². The molecule has 0 saturated carbocycles. The Bertz CT molecular complexity index is 505. The molecule has 0 bridgehead atoms. The molecule has 1 N–H and O–H groups in total. The number of β-amino-alcohol motifs (C(OH)–C–C–N with tert-alkyl or cyclic N) is 1. The lowest BCUT2D eigenvalue weighted by Crippen LogP contribution is -2.51. The highest BCUT2D eigenvalue weighted by molar-refractivity contribution is 5.76. The molecule has 0 radical (unpaired) electrons. The lowest BCUT2D eigenvalue weighted by molar-refractivity contribution is -0.133. The molecule has 2 rings (SSSR count). The summed E-state index contributed by atoms with van der Waals surface area (Å²) in [5.74, 6) is 0.238. The van der Waals surface area contributed by atoms with E-state index in [0.29, 0.717) is 13.0 Å². The number of aliphatic hydroxyl groups excluding tert-OH is 1. The third-order valence-electron chi connectivity index (χ3n) is 4.71. The minimum Gasteiger partial charge on any atom is -0.391 e. The van der Waals surface area contributed by atoms with Crippen molar-refractivity contribution in [3.8, 4) is 0 Å². The second-order valence-electron chi connectivity index (χ2n) is 7.74. The molecular weight excluding hydrogens is 302 g/mol. The number of piperazine rings is 1. The molecule has 1 amide bonds.